The molecule has 4 aromatic rings. The van der Waals surface area contributed by atoms with Crippen LogP contribution in [0.2, 0.25) is 0 Å². The third-order valence-electron chi connectivity index (χ3n) is 6.57. The van der Waals surface area contributed by atoms with Gasteiger partial charge in [0, 0.05) is 23.2 Å². The summed E-state index contributed by atoms with van der Waals surface area (Å²) in [5.41, 5.74) is 3.94. The fourth-order valence-corrected chi connectivity index (χ4v) is 5.13. The number of thioether (sulfide) groups is 1. The lowest BCUT2D eigenvalue weighted by molar-refractivity contribution is -0.360. The van der Waals surface area contributed by atoms with Crippen LogP contribution < -0.4 is 19.9 Å². The molecule has 2 aliphatic heterocycles. The topological polar surface area (TPSA) is 103 Å². The molecule has 44 heavy (non-hydrogen) atoms. The minimum absolute atomic E-state index is 0.302. The van der Waals surface area contributed by atoms with Gasteiger partial charge in [0.15, 0.2) is 11.0 Å². The van der Waals surface area contributed by atoms with Gasteiger partial charge in [-0.3, -0.25) is 4.84 Å². The highest BCUT2D eigenvalue weighted by Crippen LogP contribution is 2.38. The number of aryl methyl sites for hydroxylation is 1. The Morgan fingerprint density at radius 1 is 1.09 bits per heavy atom. The van der Waals surface area contributed by atoms with E-state index >= 15 is 0 Å². The van der Waals surface area contributed by atoms with Gasteiger partial charge in [0.05, 0.1) is 18.0 Å². The molecule has 1 aromatic heterocycles. The predicted octanol–water partition coefficient (Wildman–Crippen LogP) is 6.74. The molecule has 0 radical (unpaired) electrons. The summed E-state index contributed by atoms with van der Waals surface area (Å²) < 4.78 is 74.3. The molecule has 0 bridgehead atoms. The Kier molecular flexibility index (Phi) is 7.63. The van der Waals surface area contributed by atoms with Crippen molar-refractivity contribution < 1.29 is 41.1 Å². The number of anilines is 2. The van der Waals surface area contributed by atoms with Crippen LogP contribution in [0.1, 0.15) is 11.1 Å². The zero-order valence-electron chi connectivity index (χ0n) is 22.6. The van der Waals surface area contributed by atoms with Crippen molar-refractivity contribution in [2.75, 3.05) is 22.9 Å². The average Bonchev–Trinajstić information content (AvgIpc) is 3.75. The van der Waals surface area contributed by atoms with Crippen molar-refractivity contribution in [1.29, 1.82) is 0 Å². The van der Waals surface area contributed by atoms with Crippen LogP contribution in [0.15, 0.2) is 72.0 Å². The standard InChI is InChI=1S/C28H21F5N6O4S/c1-16-13-17(24-34-14-38(37-24)18-6-8-19(9-7-18)43-28(32,33)27(29,30)31)5-10-21(16)35-25(40)36-26-39(42-15-44-26)22-3-2-4-23-20(22)11-12-41-23/h2-10,13-14H,11-12,15H2,1H3,(H,35,40). The first-order valence-corrected chi connectivity index (χ1v) is 13.9. The molecule has 2 aliphatic rings. The number of nitrogens with one attached hydrogen (secondary N) is 1. The smallest absolute Gasteiger partial charge is 0.493 e. The highest BCUT2D eigenvalue weighted by Gasteiger charge is 2.61. The molecule has 0 atom stereocenters. The van der Waals surface area contributed by atoms with E-state index in [1.54, 1.807) is 25.1 Å². The number of carbonyl (C=O) groups excluding carboxylic acids is 1. The van der Waals surface area contributed by atoms with E-state index in [9.17, 15) is 26.7 Å². The molecule has 2 amide bonds. The Bertz CT molecular complexity index is 1750. The van der Waals surface area contributed by atoms with E-state index in [2.05, 4.69) is 25.1 Å². The fourth-order valence-electron chi connectivity index (χ4n) is 4.46. The van der Waals surface area contributed by atoms with E-state index in [0.717, 1.165) is 35.6 Å². The van der Waals surface area contributed by atoms with Gasteiger partial charge in [-0.2, -0.15) is 32.0 Å². The molecule has 6 rings (SSSR count). The van der Waals surface area contributed by atoms with Crippen LogP contribution >= 0.6 is 11.8 Å². The lowest BCUT2D eigenvalue weighted by atomic mass is 10.1. The molecule has 0 spiro atoms. The molecule has 10 nitrogen and oxygen atoms in total. The zero-order chi connectivity index (χ0) is 31.1. The van der Waals surface area contributed by atoms with Crippen molar-refractivity contribution in [2.24, 2.45) is 4.99 Å². The van der Waals surface area contributed by atoms with Gasteiger partial charge in [0.1, 0.15) is 23.8 Å². The van der Waals surface area contributed by atoms with Crippen LogP contribution in [0.25, 0.3) is 17.1 Å². The van der Waals surface area contributed by atoms with Crippen molar-refractivity contribution in [2.45, 2.75) is 25.6 Å². The summed E-state index contributed by atoms with van der Waals surface area (Å²) in [7, 11) is 0. The maximum Gasteiger partial charge on any atom is 0.499 e. The van der Waals surface area contributed by atoms with Gasteiger partial charge in [-0.05, 0) is 67.1 Å². The molecule has 228 valence electrons. The SMILES string of the molecule is Cc1cc(-c2ncn(-c3ccc(OC(F)(F)C(F)(F)F)cc3)n2)ccc1NC(=O)N=C1SCON1c1cccc2c1CCO2. The monoisotopic (exact) mass is 632 g/mol. The molecule has 1 fully saturated rings. The summed E-state index contributed by atoms with van der Waals surface area (Å²) in [5.74, 6) is 0.724. The Labute approximate surface area is 250 Å². The van der Waals surface area contributed by atoms with Gasteiger partial charge >= 0.3 is 18.3 Å². The van der Waals surface area contributed by atoms with Crippen molar-refractivity contribution in [3.05, 3.63) is 78.1 Å². The number of alkyl halides is 5. The maximum absolute atomic E-state index is 13.2. The Morgan fingerprint density at radius 2 is 1.89 bits per heavy atom. The Balaban J connectivity index is 1.13. The zero-order valence-corrected chi connectivity index (χ0v) is 23.5. The van der Waals surface area contributed by atoms with E-state index in [1.165, 1.54) is 40.0 Å². The minimum Gasteiger partial charge on any atom is -0.493 e. The van der Waals surface area contributed by atoms with E-state index < -0.39 is 24.1 Å². The Morgan fingerprint density at radius 3 is 2.64 bits per heavy atom. The third-order valence-corrected chi connectivity index (χ3v) is 7.31. The first-order valence-electron chi connectivity index (χ1n) is 13.0. The summed E-state index contributed by atoms with van der Waals surface area (Å²) in [6.45, 7) is 2.36. The number of ether oxygens (including phenoxy) is 2. The summed E-state index contributed by atoms with van der Waals surface area (Å²) in [4.78, 5) is 27.0. The molecule has 0 unspecified atom stereocenters. The number of aliphatic imine (C=N–C) groups is 1. The number of aromatic nitrogens is 3. The number of benzene rings is 3. The van der Waals surface area contributed by atoms with Crippen LogP contribution in [0.3, 0.4) is 0 Å². The summed E-state index contributed by atoms with van der Waals surface area (Å²) in [6.07, 6.45) is -9.09. The van der Waals surface area contributed by atoms with Gasteiger partial charge in [-0.15, -0.1) is 5.10 Å². The number of nitrogens with zero attached hydrogens (tertiary/aromatic N) is 5. The normalized spacial score (nSPS) is 15.8. The number of rotatable bonds is 6. The van der Waals surface area contributed by atoms with E-state index in [4.69, 9.17) is 9.57 Å². The Hall–Kier alpha value is -4.70. The van der Waals surface area contributed by atoms with Crippen molar-refractivity contribution in [3.63, 3.8) is 0 Å². The quantitative estimate of drug-likeness (QED) is 0.233. The largest absolute Gasteiger partial charge is 0.499 e. The molecule has 0 aliphatic carbocycles. The molecule has 0 saturated carbocycles. The highest BCUT2D eigenvalue weighted by atomic mass is 32.2. The van der Waals surface area contributed by atoms with Gasteiger partial charge in [0.25, 0.3) is 0 Å². The lowest BCUT2D eigenvalue weighted by Gasteiger charge is -2.20. The van der Waals surface area contributed by atoms with Crippen LogP contribution in [0.5, 0.6) is 11.5 Å². The molecule has 1 N–H and O–H groups in total. The number of halogens is 5. The summed E-state index contributed by atoms with van der Waals surface area (Å²) in [6, 6.07) is 14.6. The number of amidine groups is 1. The second-order valence-electron chi connectivity index (χ2n) is 9.52. The molecule has 1 saturated heterocycles. The second kappa shape index (κ2) is 11.4. The number of hydrogen-bond donors (Lipinski definition) is 1. The van der Waals surface area contributed by atoms with E-state index in [-0.39, 0.29) is 0 Å². The number of amides is 2. The number of urea groups is 1. The summed E-state index contributed by atoms with van der Waals surface area (Å²) in [5, 5.41) is 9.05. The molecule has 3 aromatic carbocycles. The predicted molar refractivity (Wildman–Crippen MR) is 151 cm³/mol. The van der Waals surface area contributed by atoms with Gasteiger partial charge in [0.2, 0.25) is 0 Å². The third kappa shape index (κ3) is 5.90. The maximum atomic E-state index is 13.2. The molecular weight excluding hydrogens is 611 g/mol. The van der Waals surface area contributed by atoms with Crippen molar-refractivity contribution in [3.8, 4) is 28.6 Å². The van der Waals surface area contributed by atoms with Crippen LogP contribution in [0, 0.1) is 6.92 Å². The first-order chi connectivity index (χ1) is 21.0. The van der Waals surface area contributed by atoms with Gasteiger partial charge in [-0.25, -0.2) is 14.5 Å². The number of hydrogen-bond acceptors (Lipinski definition) is 7. The first kappa shape index (κ1) is 29.4. The molecule has 3 heterocycles. The number of carbonyl (C=O) groups is 1. The van der Waals surface area contributed by atoms with Crippen LogP contribution in [-0.4, -0.2) is 50.8 Å². The van der Waals surface area contributed by atoms with Gasteiger partial charge in [-0.1, -0.05) is 17.8 Å². The minimum atomic E-state index is -5.85. The van der Waals surface area contributed by atoms with Crippen LogP contribution in [-0.2, 0) is 11.3 Å². The highest BCUT2D eigenvalue weighted by molar-refractivity contribution is 8.14. The van der Waals surface area contributed by atoms with E-state index in [0.29, 0.717) is 46.0 Å². The second-order valence-corrected chi connectivity index (χ2v) is 10.4. The molecular formula is C28H21F5N6O4S. The van der Waals surface area contributed by atoms with Gasteiger partial charge < -0.3 is 14.8 Å². The number of fused-ring (bicyclic) bond motifs is 1. The number of hydroxylamine groups is 1. The summed E-state index contributed by atoms with van der Waals surface area (Å²) >= 11 is 1.29. The molecule has 16 heteroatoms. The average molecular weight is 633 g/mol. The fraction of sp³-hybridized carbons (Fsp3) is 0.214. The van der Waals surface area contributed by atoms with Crippen molar-refractivity contribution >= 4 is 34.3 Å². The van der Waals surface area contributed by atoms with E-state index in [1.807, 2.05) is 18.2 Å². The lowest BCUT2D eigenvalue weighted by Crippen LogP contribution is -2.41. The van der Waals surface area contributed by atoms with Crippen LogP contribution in [0.4, 0.5) is 38.1 Å². The van der Waals surface area contributed by atoms with Crippen molar-refractivity contribution in [1.82, 2.24) is 14.8 Å².